The second-order valence-electron chi connectivity index (χ2n) is 6.07. The van der Waals surface area contributed by atoms with Crippen LogP contribution in [0.1, 0.15) is 31.2 Å². The van der Waals surface area contributed by atoms with Crippen molar-refractivity contribution in [2.24, 2.45) is 5.92 Å². The predicted molar refractivity (Wildman–Crippen MR) is 83.7 cm³/mol. The van der Waals surface area contributed by atoms with Gasteiger partial charge in [0.1, 0.15) is 5.82 Å². The van der Waals surface area contributed by atoms with Crippen molar-refractivity contribution >= 4 is 0 Å². The number of aliphatic hydroxyl groups is 1. The van der Waals surface area contributed by atoms with Crippen molar-refractivity contribution in [1.29, 1.82) is 0 Å². The minimum absolute atomic E-state index is 0.150. The van der Waals surface area contributed by atoms with Crippen LogP contribution >= 0.6 is 0 Å². The molecule has 0 spiro atoms. The topological polar surface area (TPSA) is 60.9 Å². The van der Waals surface area contributed by atoms with Crippen LogP contribution in [0.25, 0.3) is 11.3 Å². The monoisotopic (exact) mass is 303 g/mol. The summed E-state index contributed by atoms with van der Waals surface area (Å²) in [7, 11) is 0. The van der Waals surface area contributed by atoms with Gasteiger partial charge in [-0.05, 0) is 43.9 Å². The van der Waals surface area contributed by atoms with Gasteiger partial charge >= 0.3 is 0 Å². The molecule has 4 nitrogen and oxygen atoms in total. The van der Waals surface area contributed by atoms with Gasteiger partial charge < -0.3 is 10.4 Å². The fourth-order valence-electron chi connectivity index (χ4n) is 3.20. The summed E-state index contributed by atoms with van der Waals surface area (Å²) in [5.41, 5.74) is 2.24. The van der Waals surface area contributed by atoms with E-state index < -0.39 is 0 Å². The van der Waals surface area contributed by atoms with E-state index in [1.807, 2.05) is 6.07 Å². The largest absolute Gasteiger partial charge is 0.393 e. The van der Waals surface area contributed by atoms with Gasteiger partial charge in [0.25, 0.3) is 0 Å². The molecule has 0 amide bonds. The Kier molecular flexibility index (Phi) is 4.85. The Morgan fingerprint density at radius 2 is 2.18 bits per heavy atom. The molecule has 0 aliphatic heterocycles. The van der Waals surface area contributed by atoms with Crippen molar-refractivity contribution < 1.29 is 9.50 Å². The number of hydrogen-bond acceptors (Lipinski definition) is 3. The third kappa shape index (κ3) is 3.54. The van der Waals surface area contributed by atoms with E-state index in [1.54, 1.807) is 18.3 Å². The highest BCUT2D eigenvalue weighted by molar-refractivity contribution is 5.63. The fourth-order valence-corrected chi connectivity index (χ4v) is 3.20. The molecule has 2 aromatic rings. The molecule has 3 N–H and O–H groups in total. The summed E-state index contributed by atoms with van der Waals surface area (Å²) < 4.78 is 13.9. The molecule has 5 heteroatoms. The first-order valence-electron chi connectivity index (χ1n) is 7.90. The first-order valence-corrected chi connectivity index (χ1v) is 7.90. The molecule has 1 aliphatic carbocycles. The quantitative estimate of drug-likeness (QED) is 0.796. The molecule has 22 heavy (non-hydrogen) atoms. The third-order valence-electron chi connectivity index (χ3n) is 4.36. The Bertz CT molecular complexity index is 613. The molecule has 2 atom stereocenters. The second-order valence-corrected chi connectivity index (χ2v) is 6.07. The Morgan fingerprint density at radius 1 is 1.32 bits per heavy atom. The molecule has 3 rings (SSSR count). The molecule has 1 saturated carbocycles. The number of aromatic amines is 1. The van der Waals surface area contributed by atoms with Crippen LogP contribution in [0.2, 0.25) is 0 Å². The summed E-state index contributed by atoms with van der Waals surface area (Å²) in [6.07, 6.45) is 5.65. The lowest BCUT2D eigenvalue weighted by Crippen LogP contribution is -2.28. The van der Waals surface area contributed by atoms with Crippen molar-refractivity contribution in [3.05, 3.63) is 41.8 Å². The maximum absolute atomic E-state index is 13.9. The van der Waals surface area contributed by atoms with Crippen LogP contribution in [0.5, 0.6) is 0 Å². The maximum atomic E-state index is 13.9. The zero-order valence-corrected chi connectivity index (χ0v) is 12.6. The van der Waals surface area contributed by atoms with Crippen LogP contribution in [0.3, 0.4) is 0 Å². The van der Waals surface area contributed by atoms with Gasteiger partial charge in [0, 0.05) is 17.7 Å². The Labute approximate surface area is 129 Å². The fraction of sp³-hybridized carbons (Fsp3) is 0.471. The molecule has 1 aliphatic rings. The molecule has 0 radical (unpaired) electrons. The van der Waals surface area contributed by atoms with Gasteiger partial charge in [-0.25, -0.2) is 4.39 Å². The average Bonchev–Trinajstić information content (AvgIpc) is 2.96. The molecule has 1 aromatic heterocycles. The molecule has 1 aromatic carbocycles. The van der Waals surface area contributed by atoms with E-state index in [0.29, 0.717) is 18.0 Å². The molecule has 1 heterocycles. The van der Waals surface area contributed by atoms with E-state index in [0.717, 1.165) is 43.5 Å². The van der Waals surface area contributed by atoms with Gasteiger partial charge in [-0.2, -0.15) is 5.10 Å². The van der Waals surface area contributed by atoms with Gasteiger partial charge in [0.15, 0.2) is 0 Å². The van der Waals surface area contributed by atoms with Crippen molar-refractivity contribution in [3.63, 3.8) is 0 Å². The number of H-pyrrole nitrogens is 1. The van der Waals surface area contributed by atoms with E-state index in [4.69, 9.17) is 0 Å². The Morgan fingerprint density at radius 3 is 3.00 bits per heavy atom. The lowest BCUT2D eigenvalue weighted by Gasteiger charge is -2.26. The SMILES string of the molecule is OC1CCCC(CNCc2cn[nH]c2-c2ccccc2F)C1. The lowest BCUT2D eigenvalue weighted by molar-refractivity contribution is 0.101. The summed E-state index contributed by atoms with van der Waals surface area (Å²) >= 11 is 0. The summed E-state index contributed by atoms with van der Waals surface area (Å²) in [5, 5.41) is 20.0. The molecular weight excluding hydrogens is 281 g/mol. The number of aliphatic hydroxyl groups excluding tert-OH is 1. The highest BCUT2D eigenvalue weighted by Gasteiger charge is 2.20. The molecule has 0 saturated heterocycles. The van der Waals surface area contributed by atoms with Gasteiger partial charge in [-0.15, -0.1) is 0 Å². The first-order chi connectivity index (χ1) is 10.7. The van der Waals surface area contributed by atoms with Gasteiger partial charge in [-0.1, -0.05) is 18.6 Å². The number of nitrogens with one attached hydrogen (secondary N) is 2. The van der Waals surface area contributed by atoms with E-state index in [-0.39, 0.29) is 11.9 Å². The van der Waals surface area contributed by atoms with Crippen LogP contribution in [0.4, 0.5) is 4.39 Å². The summed E-state index contributed by atoms with van der Waals surface area (Å²) in [5.74, 6) is 0.274. The van der Waals surface area contributed by atoms with Crippen LogP contribution < -0.4 is 5.32 Å². The second kappa shape index (κ2) is 7.03. The van der Waals surface area contributed by atoms with Crippen molar-refractivity contribution in [3.8, 4) is 11.3 Å². The molecule has 1 fully saturated rings. The van der Waals surface area contributed by atoms with E-state index in [2.05, 4.69) is 15.5 Å². The number of aromatic nitrogens is 2. The number of benzene rings is 1. The van der Waals surface area contributed by atoms with Crippen molar-refractivity contribution in [1.82, 2.24) is 15.5 Å². The maximum Gasteiger partial charge on any atom is 0.132 e. The number of halogens is 1. The summed E-state index contributed by atoms with van der Waals surface area (Å²) in [4.78, 5) is 0. The summed E-state index contributed by atoms with van der Waals surface area (Å²) in [6.45, 7) is 1.52. The van der Waals surface area contributed by atoms with Crippen LogP contribution in [0.15, 0.2) is 30.5 Å². The summed E-state index contributed by atoms with van der Waals surface area (Å²) in [6, 6.07) is 6.71. The minimum atomic E-state index is -0.247. The molecule has 2 unspecified atom stereocenters. The van der Waals surface area contributed by atoms with E-state index >= 15 is 0 Å². The minimum Gasteiger partial charge on any atom is -0.393 e. The van der Waals surface area contributed by atoms with Crippen LogP contribution in [-0.4, -0.2) is 28.0 Å². The number of rotatable bonds is 5. The normalized spacial score (nSPS) is 21.9. The smallest absolute Gasteiger partial charge is 0.132 e. The average molecular weight is 303 g/mol. The zero-order chi connectivity index (χ0) is 15.4. The highest BCUT2D eigenvalue weighted by atomic mass is 19.1. The van der Waals surface area contributed by atoms with Gasteiger partial charge in [-0.3, -0.25) is 5.10 Å². The first kappa shape index (κ1) is 15.2. The standard InChI is InChI=1S/C17H22FN3O/c18-16-7-2-1-6-15(16)17-13(11-20-21-17)10-19-9-12-4-3-5-14(22)8-12/h1-2,6-7,11-12,14,19,22H,3-5,8-10H2,(H,20,21). The van der Waals surface area contributed by atoms with E-state index in [9.17, 15) is 9.50 Å². The molecular formula is C17H22FN3O. The lowest BCUT2D eigenvalue weighted by atomic mass is 9.87. The Balaban J connectivity index is 1.60. The van der Waals surface area contributed by atoms with E-state index in [1.165, 1.54) is 6.07 Å². The van der Waals surface area contributed by atoms with Gasteiger partial charge in [0.2, 0.25) is 0 Å². The number of nitrogens with zero attached hydrogens (tertiary/aromatic N) is 1. The van der Waals surface area contributed by atoms with Crippen molar-refractivity contribution in [2.75, 3.05) is 6.54 Å². The predicted octanol–water partition coefficient (Wildman–Crippen LogP) is 2.86. The van der Waals surface area contributed by atoms with Gasteiger partial charge in [0.05, 0.1) is 18.0 Å². The van der Waals surface area contributed by atoms with Crippen LogP contribution in [0, 0.1) is 11.7 Å². The number of hydrogen-bond donors (Lipinski definition) is 3. The molecule has 118 valence electrons. The zero-order valence-electron chi connectivity index (χ0n) is 12.6. The Hall–Kier alpha value is -1.72. The highest BCUT2D eigenvalue weighted by Crippen LogP contribution is 2.25. The third-order valence-corrected chi connectivity index (χ3v) is 4.36. The van der Waals surface area contributed by atoms with Crippen LogP contribution in [-0.2, 0) is 6.54 Å². The molecule has 0 bridgehead atoms. The van der Waals surface area contributed by atoms with Crippen molar-refractivity contribution in [2.45, 2.75) is 38.3 Å².